The first-order valence-corrected chi connectivity index (χ1v) is 8.23. The van der Waals surface area contributed by atoms with Crippen molar-refractivity contribution in [3.63, 3.8) is 0 Å². The van der Waals surface area contributed by atoms with Gasteiger partial charge in [-0.15, -0.1) is 11.3 Å². The van der Waals surface area contributed by atoms with Crippen LogP contribution in [0, 0.1) is 0 Å². The van der Waals surface area contributed by atoms with Gasteiger partial charge in [-0.05, 0) is 30.3 Å². The number of nitrogens with zero attached hydrogens (tertiary/aromatic N) is 1. The van der Waals surface area contributed by atoms with Crippen LogP contribution in [0.2, 0.25) is 10.0 Å². The van der Waals surface area contributed by atoms with E-state index in [1.54, 1.807) is 23.5 Å². The Kier molecular flexibility index (Phi) is 4.13. The molecule has 1 nitrogen and oxygen atoms in total. The van der Waals surface area contributed by atoms with Gasteiger partial charge < -0.3 is 0 Å². The molecule has 100 valence electrons. The normalized spacial score (nSPS) is 10.8. The SMILES string of the molecule is Clc1ccc(Cl)c(-c2csc(-c3ccc(Br)cc3)n2)c1. The lowest BCUT2D eigenvalue weighted by atomic mass is 10.2. The third-order valence-electron chi connectivity index (χ3n) is 2.80. The number of halogens is 3. The van der Waals surface area contributed by atoms with Crippen molar-refractivity contribution in [3.05, 3.63) is 62.4 Å². The number of aromatic nitrogens is 1. The summed E-state index contributed by atoms with van der Waals surface area (Å²) in [5.74, 6) is 0. The summed E-state index contributed by atoms with van der Waals surface area (Å²) < 4.78 is 1.05. The number of thiazole rings is 1. The van der Waals surface area contributed by atoms with E-state index < -0.39 is 0 Å². The van der Waals surface area contributed by atoms with E-state index in [-0.39, 0.29) is 0 Å². The topological polar surface area (TPSA) is 12.9 Å². The zero-order chi connectivity index (χ0) is 14.1. The van der Waals surface area contributed by atoms with Crippen LogP contribution in [0.25, 0.3) is 21.8 Å². The van der Waals surface area contributed by atoms with Gasteiger partial charge >= 0.3 is 0 Å². The van der Waals surface area contributed by atoms with E-state index in [4.69, 9.17) is 23.2 Å². The molecule has 1 heterocycles. The van der Waals surface area contributed by atoms with Gasteiger partial charge in [-0.2, -0.15) is 0 Å². The fourth-order valence-electron chi connectivity index (χ4n) is 1.82. The molecule has 0 saturated heterocycles. The molecule has 0 unspecified atom stereocenters. The lowest BCUT2D eigenvalue weighted by Crippen LogP contribution is -1.81. The maximum absolute atomic E-state index is 6.21. The first kappa shape index (κ1) is 14.1. The lowest BCUT2D eigenvalue weighted by molar-refractivity contribution is 1.40. The third kappa shape index (κ3) is 2.91. The average molecular weight is 385 g/mol. The molecule has 0 spiro atoms. The van der Waals surface area contributed by atoms with Crippen molar-refractivity contribution in [2.45, 2.75) is 0 Å². The zero-order valence-corrected chi connectivity index (χ0v) is 14.0. The Morgan fingerprint density at radius 1 is 1.00 bits per heavy atom. The summed E-state index contributed by atoms with van der Waals surface area (Å²) in [5, 5.41) is 4.27. The number of rotatable bonds is 2. The number of benzene rings is 2. The van der Waals surface area contributed by atoms with Crippen molar-refractivity contribution in [2.24, 2.45) is 0 Å². The second-order valence-corrected chi connectivity index (χ2v) is 6.79. The van der Waals surface area contributed by atoms with Gasteiger partial charge in [-0.1, -0.05) is 51.3 Å². The number of hydrogen-bond acceptors (Lipinski definition) is 2. The molecule has 0 aliphatic rings. The van der Waals surface area contributed by atoms with Crippen LogP contribution in [0.15, 0.2) is 52.3 Å². The molecule has 1 aromatic heterocycles. The van der Waals surface area contributed by atoms with E-state index in [0.29, 0.717) is 10.0 Å². The van der Waals surface area contributed by atoms with Gasteiger partial charge in [0.15, 0.2) is 0 Å². The van der Waals surface area contributed by atoms with Crippen molar-refractivity contribution in [2.75, 3.05) is 0 Å². The first-order chi connectivity index (χ1) is 9.63. The highest BCUT2D eigenvalue weighted by Crippen LogP contribution is 2.34. The van der Waals surface area contributed by atoms with E-state index in [2.05, 4.69) is 20.9 Å². The minimum atomic E-state index is 0.655. The quantitative estimate of drug-likeness (QED) is 0.488. The lowest BCUT2D eigenvalue weighted by Gasteiger charge is -2.01. The summed E-state index contributed by atoms with van der Waals surface area (Å²) in [6.07, 6.45) is 0. The summed E-state index contributed by atoms with van der Waals surface area (Å²) in [6, 6.07) is 13.5. The van der Waals surface area contributed by atoms with E-state index >= 15 is 0 Å². The Balaban J connectivity index is 2.01. The van der Waals surface area contributed by atoms with E-state index in [1.165, 1.54) is 0 Å². The van der Waals surface area contributed by atoms with E-state index in [0.717, 1.165) is 26.3 Å². The molecule has 0 saturated carbocycles. The highest BCUT2D eigenvalue weighted by Gasteiger charge is 2.10. The second kappa shape index (κ2) is 5.86. The molecular formula is C15H8BrCl2NS. The minimum Gasteiger partial charge on any atom is -0.236 e. The Bertz CT molecular complexity index is 753. The maximum atomic E-state index is 6.21. The van der Waals surface area contributed by atoms with Crippen LogP contribution in [-0.4, -0.2) is 4.98 Å². The van der Waals surface area contributed by atoms with Gasteiger partial charge in [0.05, 0.1) is 10.7 Å². The third-order valence-corrected chi connectivity index (χ3v) is 4.78. The first-order valence-electron chi connectivity index (χ1n) is 5.80. The average Bonchev–Trinajstić information content (AvgIpc) is 2.92. The van der Waals surface area contributed by atoms with Gasteiger partial charge in [0.25, 0.3) is 0 Å². The summed E-state index contributed by atoms with van der Waals surface area (Å²) in [7, 11) is 0. The molecule has 0 amide bonds. The summed E-state index contributed by atoms with van der Waals surface area (Å²) in [5.41, 5.74) is 2.79. The predicted octanol–water partition coefficient (Wildman–Crippen LogP) is 6.55. The van der Waals surface area contributed by atoms with Crippen LogP contribution in [-0.2, 0) is 0 Å². The van der Waals surface area contributed by atoms with Crippen molar-refractivity contribution in [1.82, 2.24) is 4.98 Å². The Morgan fingerprint density at radius 3 is 2.50 bits per heavy atom. The van der Waals surface area contributed by atoms with E-state index in [9.17, 15) is 0 Å². The second-order valence-electron chi connectivity index (χ2n) is 4.17. The zero-order valence-electron chi connectivity index (χ0n) is 10.1. The highest BCUT2D eigenvalue weighted by atomic mass is 79.9. The molecular weight excluding hydrogens is 377 g/mol. The molecule has 0 fully saturated rings. The van der Waals surface area contributed by atoms with Crippen molar-refractivity contribution in [1.29, 1.82) is 0 Å². The van der Waals surface area contributed by atoms with Crippen LogP contribution < -0.4 is 0 Å². The van der Waals surface area contributed by atoms with Crippen LogP contribution in [0.3, 0.4) is 0 Å². The van der Waals surface area contributed by atoms with Crippen molar-refractivity contribution < 1.29 is 0 Å². The summed E-state index contributed by atoms with van der Waals surface area (Å²) in [6.45, 7) is 0. The molecule has 5 heteroatoms. The Hall–Kier alpha value is -0.870. The fourth-order valence-corrected chi connectivity index (χ4v) is 3.29. The minimum absolute atomic E-state index is 0.655. The van der Waals surface area contributed by atoms with Crippen LogP contribution in [0.1, 0.15) is 0 Å². The molecule has 20 heavy (non-hydrogen) atoms. The molecule has 0 N–H and O–H groups in total. The molecule has 3 aromatic rings. The number of hydrogen-bond donors (Lipinski definition) is 0. The Labute approximate surface area is 139 Å². The monoisotopic (exact) mass is 383 g/mol. The van der Waals surface area contributed by atoms with Crippen LogP contribution in [0.4, 0.5) is 0 Å². The van der Waals surface area contributed by atoms with Crippen molar-refractivity contribution >= 4 is 50.5 Å². The van der Waals surface area contributed by atoms with Crippen molar-refractivity contribution in [3.8, 4) is 21.8 Å². The van der Waals surface area contributed by atoms with Gasteiger partial charge in [0.2, 0.25) is 0 Å². The smallest absolute Gasteiger partial charge is 0.124 e. The van der Waals surface area contributed by atoms with Gasteiger partial charge in [-0.3, -0.25) is 0 Å². The largest absolute Gasteiger partial charge is 0.236 e. The molecule has 2 aromatic carbocycles. The molecule has 0 bridgehead atoms. The molecule has 3 rings (SSSR count). The summed E-state index contributed by atoms with van der Waals surface area (Å²) >= 11 is 17.2. The van der Waals surface area contributed by atoms with Gasteiger partial charge in [0, 0.05) is 26.0 Å². The molecule has 0 atom stereocenters. The fraction of sp³-hybridized carbons (Fsp3) is 0. The highest BCUT2D eigenvalue weighted by molar-refractivity contribution is 9.10. The molecule has 0 radical (unpaired) electrons. The molecule has 0 aliphatic carbocycles. The van der Waals surface area contributed by atoms with E-state index in [1.807, 2.05) is 35.7 Å². The van der Waals surface area contributed by atoms with Crippen LogP contribution >= 0.6 is 50.5 Å². The predicted molar refractivity (Wildman–Crippen MR) is 90.7 cm³/mol. The molecule has 0 aliphatic heterocycles. The summed E-state index contributed by atoms with van der Waals surface area (Å²) in [4.78, 5) is 4.64. The standard InChI is InChI=1S/C15H8BrCl2NS/c16-10-3-1-9(2-4-10)15-19-14(8-20-15)12-7-11(17)5-6-13(12)18/h1-8H. The Morgan fingerprint density at radius 2 is 1.75 bits per heavy atom. The van der Waals surface area contributed by atoms with Gasteiger partial charge in [0.1, 0.15) is 5.01 Å². The van der Waals surface area contributed by atoms with Gasteiger partial charge in [-0.25, -0.2) is 4.98 Å². The van der Waals surface area contributed by atoms with Crippen LogP contribution in [0.5, 0.6) is 0 Å². The maximum Gasteiger partial charge on any atom is 0.124 e.